The number of hydrogen-bond donors (Lipinski definition) is 1. The molecule has 0 radical (unpaired) electrons. The van der Waals surface area contributed by atoms with Crippen LogP contribution in [0.1, 0.15) is 17.4 Å². The Hall–Kier alpha value is -6.37. The average molecular weight is 660 g/mol. The van der Waals surface area contributed by atoms with Crippen molar-refractivity contribution in [3.05, 3.63) is 151 Å². The van der Waals surface area contributed by atoms with Crippen molar-refractivity contribution in [2.75, 3.05) is 5.32 Å². The molecule has 1 atom stereocenters. The molecule has 0 amide bonds. The molecule has 0 spiro atoms. The fraction of sp³-hybridized carbons (Fsp3) is 0.0227. The Kier molecular flexibility index (Phi) is 5.11. The van der Waals surface area contributed by atoms with Gasteiger partial charge in [-0.25, -0.2) is 4.99 Å². The number of fused-ring (bicyclic) bond motifs is 16. The summed E-state index contributed by atoms with van der Waals surface area (Å²) in [5.74, 6) is 1.53. The maximum Gasteiger partial charge on any atom is 0.209 e. The lowest BCUT2D eigenvalue weighted by Gasteiger charge is -2.24. The fourth-order valence-electron chi connectivity index (χ4n) is 8.36. The van der Waals surface area contributed by atoms with Gasteiger partial charge in [0.1, 0.15) is 22.8 Å². The third-order valence-corrected chi connectivity index (χ3v) is 11.7. The Labute approximate surface area is 288 Å². The van der Waals surface area contributed by atoms with E-state index in [0.717, 1.165) is 66.9 Å². The first kappa shape index (κ1) is 26.6. The van der Waals surface area contributed by atoms with Crippen molar-refractivity contribution in [3.63, 3.8) is 0 Å². The van der Waals surface area contributed by atoms with Crippen LogP contribution in [0.15, 0.2) is 153 Å². The highest BCUT2D eigenvalue weighted by Gasteiger charge is 2.33. The van der Waals surface area contributed by atoms with E-state index in [0.29, 0.717) is 0 Å². The third-order valence-electron chi connectivity index (χ3n) is 10.4. The molecule has 0 fully saturated rings. The topological polar surface area (TPSA) is 55.6 Å². The Morgan fingerprint density at radius 3 is 2.08 bits per heavy atom. The highest BCUT2D eigenvalue weighted by Crippen LogP contribution is 2.49. The Morgan fingerprint density at radius 2 is 1.22 bits per heavy atom. The molecule has 11 aromatic rings. The summed E-state index contributed by atoms with van der Waals surface area (Å²) in [6.45, 7) is 0. The summed E-state index contributed by atoms with van der Waals surface area (Å²) in [5.41, 5.74) is 6.64. The van der Waals surface area contributed by atoms with Gasteiger partial charge in [-0.05, 0) is 30.3 Å². The first-order valence-electron chi connectivity index (χ1n) is 16.8. The Balaban J connectivity index is 1.24. The molecule has 1 aliphatic heterocycles. The second-order valence-electron chi connectivity index (χ2n) is 13.1. The lowest BCUT2D eigenvalue weighted by atomic mass is 9.99. The van der Waals surface area contributed by atoms with Crippen molar-refractivity contribution >= 4 is 109 Å². The molecule has 234 valence electrons. The summed E-state index contributed by atoms with van der Waals surface area (Å²) < 4.78 is 18.2. The van der Waals surface area contributed by atoms with Gasteiger partial charge in [-0.2, -0.15) is 0 Å². The van der Waals surface area contributed by atoms with E-state index in [1.165, 1.54) is 41.7 Å². The fourth-order valence-corrected chi connectivity index (χ4v) is 9.61. The van der Waals surface area contributed by atoms with Gasteiger partial charge in [0, 0.05) is 63.4 Å². The molecule has 4 aromatic heterocycles. The van der Waals surface area contributed by atoms with Crippen molar-refractivity contribution in [2.24, 2.45) is 4.99 Å². The van der Waals surface area contributed by atoms with Crippen LogP contribution >= 0.6 is 11.3 Å². The lowest BCUT2D eigenvalue weighted by Crippen LogP contribution is -2.27. The largest absolute Gasteiger partial charge is 0.456 e. The van der Waals surface area contributed by atoms with E-state index in [9.17, 15) is 0 Å². The highest BCUT2D eigenvalue weighted by molar-refractivity contribution is 7.27. The smallest absolute Gasteiger partial charge is 0.209 e. The number of aliphatic imine (C=N–C) groups is 1. The summed E-state index contributed by atoms with van der Waals surface area (Å²) in [6.07, 6.45) is 0. The third kappa shape index (κ3) is 3.38. The van der Waals surface area contributed by atoms with Gasteiger partial charge < -0.3 is 14.2 Å². The van der Waals surface area contributed by atoms with E-state index in [-0.39, 0.29) is 0 Å². The summed E-state index contributed by atoms with van der Waals surface area (Å²) in [4.78, 5) is 5.61. The second kappa shape index (κ2) is 9.62. The minimum atomic E-state index is -0.453. The second-order valence-corrected chi connectivity index (χ2v) is 14.1. The monoisotopic (exact) mass is 659 g/mol. The van der Waals surface area contributed by atoms with Gasteiger partial charge in [0.05, 0.1) is 16.7 Å². The number of para-hydroxylation sites is 4. The summed E-state index contributed by atoms with van der Waals surface area (Å²) >= 11 is 1.88. The predicted octanol–water partition coefficient (Wildman–Crippen LogP) is 12.4. The quantitative estimate of drug-likeness (QED) is 0.191. The van der Waals surface area contributed by atoms with Crippen LogP contribution in [0.3, 0.4) is 0 Å². The zero-order valence-electron chi connectivity index (χ0n) is 26.5. The molecule has 0 saturated carbocycles. The van der Waals surface area contributed by atoms with E-state index in [1.54, 1.807) is 0 Å². The minimum Gasteiger partial charge on any atom is -0.456 e. The number of rotatable bonds is 1. The van der Waals surface area contributed by atoms with Crippen LogP contribution in [0.25, 0.3) is 85.7 Å². The van der Waals surface area contributed by atoms with Crippen molar-refractivity contribution in [2.45, 2.75) is 6.04 Å². The van der Waals surface area contributed by atoms with Gasteiger partial charge in [-0.1, -0.05) is 109 Å². The zero-order valence-corrected chi connectivity index (χ0v) is 27.3. The molecule has 5 nitrogen and oxygen atoms in total. The van der Waals surface area contributed by atoms with Crippen LogP contribution in [0.5, 0.6) is 0 Å². The molecule has 1 unspecified atom stereocenters. The highest BCUT2D eigenvalue weighted by atomic mass is 32.1. The summed E-state index contributed by atoms with van der Waals surface area (Å²) in [7, 11) is 0. The van der Waals surface area contributed by atoms with Crippen LogP contribution < -0.4 is 5.32 Å². The summed E-state index contributed by atoms with van der Waals surface area (Å²) in [6, 6.07) is 48.7. The number of nitrogens with zero attached hydrogens (tertiary/aromatic N) is 2. The van der Waals surface area contributed by atoms with Gasteiger partial charge >= 0.3 is 0 Å². The number of anilines is 1. The van der Waals surface area contributed by atoms with E-state index >= 15 is 0 Å². The molecule has 0 bridgehead atoms. The van der Waals surface area contributed by atoms with E-state index in [2.05, 4.69) is 125 Å². The average Bonchev–Trinajstić information content (AvgIpc) is 3.93. The normalized spacial score (nSPS) is 14.9. The maximum atomic E-state index is 6.67. The van der Waals surface area contributed by atoms with Gasteiger partial charge in [0.25, 0.3) is 0 Å². The van der Waals surface area contributed by atoms with Crippen LogP contribution in [-0.4, -0.2) is 10.5 Å². The zero-order chi connectivity index (χ0) is 32.5. The molecular weight excluding hydrogens is 635 g/mol. The SMILES string of the molecule is c1ccc2c3c(oc2c1)C(c1cccc2c1oc1ccccc12)N=C(n1c2ccccc2c2c4c5ccccc5sc4c4ccccc4c21)N3. The van der Waals surface area contributed by atoms with Crippen LogP contribution in [0.2, 0.25) is 0 Å². The minimum absolute atomic E-state index is 0.453. The van der Waals surface area contributed by atoms with E-state index in [1.807, 2.05) is 35.6 Å². The number of aromatic nitrogens is 1. The Bertz CT molecular complexity index is 3260. The molecule has 12 rings (SSSR count). The molecule has 50 heavy (non-hydrogen) atoms. The number of nitrogens with one attached hydrogen (secondary N) is 1. The standard InChI is InChI=1S/C44H25N3O2S/c1-2-14-27-25(13-1)40-36(37-30-17-6-10-23-35(30)50-43(27)37)28-15-3-7-20-32(28)47(40)44-45-38-29-16-5-9-22-34(29)49-42(38)39(46-44)31-19-11-18-26-24-12-4-8-21-33(24)48-41(26)31/h1-23,39H,(H,45,46). The first-order valence-corrected chi connectivity index (χ1v) is 17.7. The maximum absolute atomic E-state index is 6.67. The molecule has 7 aromatic carbocycles. The van der Waals surface area contributed by atoms with Gasteiger partial charge in [-0.15, -0.1) is 11.3 Å². The number of hydrogen-bond acceptors (Lipinski definition) is 5. The van der Waals surface area contributed by atoms with Gasteiger partial charge in [0.15, 0.2) is 5.76 Å². The number of thiophene rings is 1. The Morgan fingerprint density at radius 1 is 0.560 bits per heavy atom. The molecule has 1 aliphatic rings. The van der Waals surface area contributed by atoms with Crippen molar-refractivity contribution in [1.82, 2.24) is 4.57 Å². The van der Waals surface area contributed by atoms with E-state index in [4.69, 9.17) is 13.8 Å². The van der Waals surface area contributed by atoms with Gasteiger partial charge in [0.2, 0.25) is 5.96 Å². The molecule has 6 heteroatoms. The lowest BCUT2D eigenvalue weighted by molar-refractivity contribution is 0.523. The molecule has 5 heterocycles. The molecule has 1 N–H and O–H groups in total. The van der Waals surface area contributed by atoms with Crippen LogP contribution in [0, 0.1) is 0 Å². The van der Waals surface area contributed by atoms with Gasteiger partial charge in [-0.3, -0.25) is 4.57 Å². The number of benzene rings is 7. The van der Waals surface area contributed by atoms with Crippen molar-refractivity contribution in [1.29, 1.82) is 0 Å². The molecule has 0 aliphatic carbocycles. The van der Waals surface area contributed by atoms with Crippen molar-refractivity contribution < 1.29 is 8.83 Å². The molecule has 0 saturated heterocycles. The van der Waals surface area contributed by atoms with Crippen LogP contribution in [0.4, 0.5) is 5.69 Å². The summed E-state index contributed by atoms with van der Waals surface area (Å²) in [5, 5.41) is 14.5. The number of furan rings is 2. The van der Waals surface area contributed by atoms with E-state index < -0.39 is 6.04 Å². The first-order chi connectivity index (χ1) is 24.8. The predicted molar refractivity (Wildman–Crippen MR) is 208 cm³/mol. The molecular formula is C44H25N3O2S. The van der Waals surface area contributed by atoms with Crippen LogP contribution in [-0.2, 0) is 0 Å². The van der Waals surface area contributed by atoms with Crippen molar-refractivity contribution in [3.8, 4) is 0 Å².